The fourth-order valence-electron chi connectivity index (χ4n) is 0.473. The smallest absolute Gasteiger partial charge is 0.309 e. The van der Waals surface area contributed by atoms with Gasteiger partial charge in [-0.1, -0.05) is 15.9 Å². The first-order valence-corrected chi connectivity index (χ1v) is 4.22. The quantitative estimate of drug-likeness (QED) is 0.411. The summed E-state index contributed by atoms with van der Waals surface area (Å²) in [5, 5.41) is 0.612. The maximum atomic E-state index is 10.6. The first kappa shape index (κ1) is 10.5. The van der Waals surface area contributed by atoms with Gasteiger partial charge in [-0.3, -0.25) is 4.79 Å². The second-order valence-corrected chi connectivity index (χ2v) is 2.35. The van der Waals surface area contributed by atoms with Crippen molar-refractivity contribution in [3.8, 4) is 0 Å². The van der Waals surface area contributed by atoms with Crippen molar-refractivity contribution < 1.29 is 14.3 Å². The second kappa shape index (κ2) is 6.22. The highest BCUT2D eigenvalue weighted by atomic mass is 79.9. The monoisotopic (exact) mass is 222 g/mol. The standard InChI is InChI=1S/C7H11BrO3/c1-10-6(5-8)3-4-7(9)11-2/h3H,4-5H2,1-2H3. The molecule has 0 bridgehead atoms. The molecule has 0 atom stereocenters. The van der Waals surface area contributed by atoms with E-state index in [1.165, 1.54) is 7.11 Å². The minimum atomic E-state index is -0.263. The molecule has 11 heavy (non-hydrogen) atoms. The third-order valence-electron chi connectivity index (χ3n) is 1.12. The van der Waals surface area contributed by atoms with Gasteiger partial charge in [-0.2, -0.15) is 0 Å². The minimum Gasteiger partial charge on any atom is -0.501 e. The van der Waals surface area contributed by atoms with Crippen LogP contribution in [0.25, 0.3) is 0 Å². The predicted molar refractivity (Wildman–Crippen MR) is 45.5 cm³/mol. The third kappa shape index (κ3) is 4.84. The Hall–Kier alpha value is -0.510. The van der Waals surface area contributed by atoms with Crippen molar-refractivity contribution in [3.63, 3.8) is 0 Å². The number of hydrogen-bond donors (Lipinski definition) is 0. The Bertz CT molecular complexity index is 148. The number of ether oxygens (including phenoxy) is 2. The average molecular weight is 223 g/mol. The summed E-state index contributed by atoms with van der Waals surface area (Å²) < 4.78 is 9.34. The molecule has 0 amide bonds. The van der Waals surface area contributed by atoms with E-state index in [4.69, 9.17) is 4.74 Å². The summed E-state index contributed by atoms with van der Waals surface area (Å²) in [6.45, 7) is 0. The summed E-state index contributed by atoms with van der Waals surface area (Å²) in [6.07, 6.45) is 1.94. The SMILES string of the molecule is COC(=O)CC=C(CBr)OC. The number of alkyl halides is 1. The van der Waals surface area contributed by atoms with E-state index in [2.05, 4.69) is 20.7 Å². The zero-order valence-electron chi connectivity index (χ0n) is 6.59. The van der Waals surface area contributed by atoms with Crippen LogP contribution < -0.4 is 0 Å². The van der Waals surface area contributed by atoms with Gasteiger partial charge in [0, 0.05) is 0 Å². The lowest BCUT2D eigenvalue weighted by molar-refractivity contribution is -0.139. The van der Waals surface area contributed by atoms with E-state index >= 15 is 0 Å². The van der Waals surface area contributed by atoms with Gasteiger partial charge in [0.15, 0.2) is 0 Å². The maximum Gasteiger partial charge on any atom is 0.309 e. The highest BCUT2D eigenvalue weighted by Gasteiger charge is 1.98. The van der Waals surface area contributed by atoms with E-state index in [0.717, 1.165) is 5.76 Å². The van der Waals surface area contributed by atoms with E-state index in [1.807, 2.05) is 0 Å². The molecule has 4 heteroatoms. The van der Waals surface area contributed by atoms with Gasteiger partial charge in [0.25, 0.3) is 0 Å². The van der Waals surface area contributed by atoms with Gasteiger partial charge in [0.05, 0.1) is 26.0 Å². The van der Waals surface area contributed by atoms with Gasteiger partial charge in [0.2, 0.25) is 0 Å². The van der Waals surface area contributed by atoms with E-state index in [0.29, 0.717) is 5.33 Å². The molecule has 0 saturated carbocycles. The van der Waals surface area contributed by atoms with Gasteiger partial charge >= 0.3 is 5.97 Å². The van der Waals surface area contributed by atoms with Crippen LogP contribution in [0.5, 0.6) is 0 Å². The summed E-state index contributed by atoms with van der Waals surface area (Å²) in [5.41, 5.74) is 0. The molecule has 0 radical (unpaired) electrons. The zero-order valence-corrected chi connectivity index (χ0v) is 8.18. The second-order valence-electron chi connectivity index (χ2n) is 1.79. The molecule has 0 N–H and O–H groups in total. The molecule has 0 rings (SSSR count). The van der Waals surface area contributed by atoms with Crippen molar-refractivity contribution >= 4 is 21.9 Å². The van der Waals surface area contributed by atoms with Crippen molar-refractivity contribution in [2.24, 2.45) is 0 Å². The summed E-state index contributed by atoms with van der Waals surface area (Å²) in [6, 6.07) is 0. The summed E-state index contributed by atoms with van der Waals surface area (Å²) in [7, 11) is 2.92. The molecule has 3 nitrogen and oxygen atoms in total. The number of halogens is 1. The van der Waals surface area contributed by atoms with Crippen molar-refractivity contribution in [3.05, 3.63) is 11.8 Å². The van der Waals surface area contributed by atoms with Crippen LogP contribution in [0.15, 0.2) is 11.8 Å². The lowest BCUT2D eigenvalue weighted by Crippen LogP contribution is -1.99. The number of rotatable bonds is 4. The Balaban J connectivity index is 3.78. The molecule has 0 aliphatic heterocycles. The molecule has 0 unspecified atom stereocenters. The number of carbonyl (C=O) groups excluding carboxylic acids is 1. The molecule has 0 saturated heterocycles. The molecule has 0 heterocycles. The Morgan fingerprint density at radius 2 is 2.09 bits per heavy atom. The molecule has 0 aromatic carbocycles. The fourth-order valence-corrected chi connectivity index (χ4v) is 0.931. The van der Waals surface area contributed by atoms with E-state index in [-0.39, 0.29) is 12.4 Å². The van der Waals surface area contributed by atoms with Crippen LogP contribution in [0.1, 0.15) is 6.42 Å². The van der Waals surface area contributed by atoms with Gasteiger partial charge in [-0.05, 0) is 6.08 Å². The van der Waals surface area contributed by atoms with Crippen LogP contribution in [-0.4, -0.2) is 25.5 Å². The molecular formula is C7H11BrO3. The molecule has 0 spiro atoms. The number of esters is 1. The third-order valence-corrected chi connectivity index (χ3v) is 1.67. The molecule has 0 aliphatic rings. The topological polar surface area (TPSA) is 35.5 Å². The van der Waals surface area contributed by atoms with Crippen molar-refractivity contribution in [1.29, 1.82) is 0 Å². The number of methoxy groups -OCH3 is 2. The lowest BCUT2D eigenvalue weighted by Gasteiger charge is -2.00. The van der Waals surface area contributed by atoms with Crippen LogP contribution >= 0.6 is 15.9 Å². The number of hydrogen-bond acceptors (Lipinski definition) is 3. The molecule has 0 fully saturated rings. The highest BCUT2D eigenvalue weighted by Crippen LogP contribution is 2.01. The summed E-state index contributed by atoms with van der Waals surface area (Å²) in [4.78, 5) is 10.6. The van der Waals surface area contributed by atoms with Crippen molar-refractivity contribution in [1.82, 2.24) is 0 Å². The predicted octanol–water partition coefficient (Wildman–Crippen LogP) is 1.47. The van der Waals surface area contributed by atoms with Crippen molar-refractivity contribution in [2.75, 3.05) is 19.5 Å². The Kier molecular flexibility index (Phi) is 5.93. The normalized spacial score (nSPS) is 11.0. The molecule has 0 aromatic heterocycles. The summed E-state index contributed by atoms with van der Waals surface area (Å²) in [5.74, 6) is 0.468. The van der Waals surface area contributed by atoms with E-state index in [9.17, 15) is 4.79 Å². The lowest BCUT2D eigenvalue weighted by atomic mass is 10.4. The van der Waals surface area contributed by atoms with E-state index in [1.54, 1.807) is 13.2 Å². The van der Waals surface area contributed by atoms with Crippen LogP contribution in [0, 0.1) is 0 Å². The minimum absolute atomic E-state index is 0.255. The molecule has 0 aliphatic carbocycles. The van der Waals surface area contributed by atoms with Crippen molar-refractivity contribution in [2.45, 2.75) is 6.42 Å². The van der Waals surface area contributed by atoms with Gasteiger partial charge < -0.3 is 9.47 Å². The average Bonchev–Trinajstić information content (AvgIpc) is 2.06. The molecule has 64 valence electrons. The van der Waals surface area contributed by atoms with E-state index < -0.39 is 0 Å². The Morgan fingerprint density at radius 3 is 2.45 bits per heavy atom. The zero-order chi connectivity index (χ0) is 8.69. The Morgan fingerprint density at radius 1 is 1.45 bits per heavy atom. The van der Waals surface area contributed by atoms with Gasteiger partial charge in [-0.15, -0.1) is 0 Å². The van der Waals surface area contributed by atoms with Gasteiger partial charge in [0.1, 0.15) is 5.76 Å². The van der Waals surface area contributed by atoms with Gasteiger partial charge in [-0.25, -0.2) is 0 Å². The number of carbonyl (C=O) groups is 1. The first-order chi connectivity index (χ1) is 5.24. The van der Waals surface area contributed by atoms with Crippen LogP contribution in [0.3, 0.4) is 0 Å². The van der Waals surface area contributed by atoms with Crippen LogP contribution in [0.4, 0.5) is 0 Å². The largest absolute Gasteiger partial charge is 0.501 e. The molecular weight excluding hydrogens is 212 g/mol. The fraction of sp³-hybridized carbons (Fsp3) is 0.571. The van der Waals surface area contributed by atoms with Crippen LogP contribution in [0.2, 0.25) is 0 Å². The van der Waals surface area contributed by atoms with Crippen LogP contribution in [-0.2, 0) is 14.3 Å². The molecule has 0 aromatic rings. The highest BCUT2D eigenvalue weighted by molar-refractivity contribution is 9.09. The summed E-state index contributed by atoms with van der Waals surface area (Å²) >= 11 is 3.20. The number of allylic oxidation sites excluding steroid dienone is 1. The Labute approximate surface area is 74.5 Å². The maximum absolute atomic E-state index is 10.6. The first-order valence-electron chi connectivity index (χ1n) is 3.10.